The smallest absolute Gasteiger partial charge is 0.313 e. The zero-order valence-electron chi connectivity index (χ0n) is 14.8. The Morgan fingerprint density at radius 1 is 0.750 bits per heavy atom. The molecule has 0 saturated heterocycles. The van der Waals surface area contributed by atoms with Crippen LogP contribution in [0, 0.1) is 0 Å². The normalized spacial score (nSPS) is 8.25. The molecular weight excluding hydrogens is 356 g/mol. The molecule has 0 spiro atoms. The Bertz CT molecular complexity index is 312. The van der Waals surface area contributed by atoms with Gasteiger partial charge in [0.05, 0.1) is 13.2 Å². The number of esters is 2. The number of hydrogen-bond donors (Lipinski definition) is 2. The molecule has 9 heteroatoms. The summed E-state index contributed by atoms with van der Waals surface area (Å²) in [5.74, 6) is -1.20. The first-order valence-corrected chi connectivity index (χ1v) is 7.26. The number of Topliss-reactive ketones (excluding diaryl/α,β-unsaturated/α-hetero) is 2. The van der Waals surface area contributed by atoms with E-state index in [0.29, 0.717) is 19.6 Å². The minimum Gasteiger partial charge on any atom is -0.466 e. The first-order valence-electron chi connectivity index (χ1n) is 7.26. The second kappa shape index (κ2) is 24.2. The van der Waals surface area contributed by atoms with Crippen molar-refractivity contribution in [3.8, 4) is 0 Å². The molecule has 0 radical (unpaired) electrons. The van der Waals surface area contributed by atoms with E-state index < -0.39 is 11.9 Å². The minimum atomic E-state index is -0.440. The Labute approximate surface area is 157 Å². The van der Waals surface area contributed by atoms with Crippen molar-refractivity contribution in [2.24, 2.45) is 0 Å². The van der Waals surface area contributed by atoms with Gasteiger partial charge in [-0.05, 0) is 34.1 Å². The van der Waals surface area contributed by atoms with Gasteiger partial charge in [-0.3, -0.25) is 19.2 Å². The fourth-order valence-corrected chi connectivity index (χ4v) is 0.901. The summed E-state index contributed by atoms with van der Waals surface area (Å²) in [6.07, 6.45) is 0.293. The molecule has 0 aliphatic rings. The van der Waals surface area contributed by atoms with E-state index in [0.717, 1.165) is 0 Å². The molecule has 0 rings (SSSR count). The van der Waals surface area contributed by atoms with Crippen molar-refractivity contribution in [2.75, 3.05) is 26.4 Å². The van der Waals surface area contributed by atoms with Gasteiger partial charge in [-0.1, -0.05) is 0 Å². The topological polar surface area (TPSA) is 127 Å². The Hall–Kier alpha value is -1.09. The van der Waals surface area contributed by atoms with E-state index in [1.165, 1.54) is 13.8 Å². The van der Waals surface area contributed by atoms with Gasteiger partial charge in [0.1, 0.15) is 24.4 Å². The molecule has 24 heavy (non-hydrogen) atoms. The number of rotatable bonds is 8. The van der Waals surface area contributed by atoms with Gasteiger partial charge < -0.3 is 19.7 Å². The molecule has 0 saturated carbocycles. The standard InChI is InChI=1S/2C6H10O3.C3H8O2.Ti/c2*1-3-9-6(8)4-5(2)7;4-2-1-3-5;/h2*3-4H2,1-2H3;4-5H,1-3H2;. The van der Waals surface area contributed by atoms with Crippen molar-refractivity contribution in [3.63, 3.8) is 0 Å². The fraction of sp³-hybridized carbons (Fsp3) is 0.733. The van der Waals surface area contributed by atoms with E-state index in [9.17, 15) is 19.2 Å². The van der Waals surface area contributed by atoms with Crippen LogP contribution in [0.1, 0.15) is 47.0 Å². The minimum absolute atomic E-state index is 0. The maximum Gasteiger partial charge on any atom is 0.313 e. The predicted octanol–water partition coefficient (Wildman–Crippen LogP) is 0.416. The number of aliphatic hydroxyl groups is 2. The van der Waals surface area contributed by atoms with Crippen molar-refractivity contribution >= 4 is 23.5 Å². The van der Waals surface area contributed by atoms with Crippen LogP contribution in [-0.2, 0) is 50.4 Å². The Balaban J connectivity index is -0.000000128. The van der Waals surface area contributed by atoms with Crippen LogP contribution in [0.15, 0.2) is 0 Å². The quantitative estimate of drug-likeness (QED) is 0.350. The van der Waals surface area contributed by atoms with Gasteiger partial charge in [0, 0.05) is 34.9 Å². The van der Waals surface area contributed by atoms with Gasteiger partial charge in [-0.2, -0.15) is 0 Å². The molecular formula is C15H28O8Ti. The van der Waals surface area contributed by atoms with Crippen molar-refractivity contribution in [1.29, 1.82) is 0 Å². The summed E-state index contributed by atoms with van der Waals surface area (Å²) in [6.45, 7) is 7.00. The summed E-state index contributed by atoms with van der Waals surface area (Å²) in [5, 5.41) is 15.8. The molecule has 2 N–H and O–H groups in total. The van der Waals surface area contributed by atoms with Crippen molar-refractivity contribution in [2.45, 2.75) is 47.0 Å². The molecule has 0 aliphatic carbocycles. The van der Waals surface area contributed by atoms with E-state index in [-0.39, 0.29) is 59.3 Å². The van der Waals surface area contributed by atoms with E-state index in [1.54, 1.807) is 13.8 Å². The van der Waals surface area contributed by atoms with Crippen LogP contribution in [-0.4, -0.2) is 60.1 Å². The van der Waals surface area contributed by atoms with Crippen LogP contribution < -0.4 is 0 Å². The third-order valence-corrected chi connectivity index (χ3v) is 1.71. The Kier molecular flexibility index (Phi) is 31.0. The number of carbonyl (C=O) groups excluding carboxylic acids is 4. The Morgan fingerprint density at radius 3 is 1.17 bits per heavy atom. The van der Waals surface area contributed by atoms with E-state index in [4.69, 9.17) is 10.2 Å². The van der Waals surface area contributed by atoms with Gasteiger partial charge in [-0.25, -0.2) is 0 Å². The van der Waals surface area contributed by atoms with Gasteiger partial charge in [0.2, 0.25) is 0 Å². The molecule has 0 aromatic carbocycles. The van der Waals surface area contributed by atoms with Crippen molar-refractivity contribution in [1.82, 2.24) is 0 Å². The molecule has 8 nitrogen and oxygen atoms in total. The summed E-state index contributed by atoms with van der Waals surface area (Å²) in [7, 11) is 0. The number of hydrogen-bond acceptors (Lipinski definition) is 8. The number of aliphatic hydroxyl groups excluding tert-OH is 2. The molecule has 0 atom stereocenters. The summed E-state index contributed by atoms with van der Waals surface area (Å²) in [5.41, 5.74) is 0. The van der Waals surface area contributed by atoms with Crippen LogP contribution in [0.5, 0.6) is 0 Å². The summed E-state index contributed by atoms with van der Waals surface area (Å²) < 4.78 is 8.99. The monoisotopic (exact) mass is 384 g/mol. The summed E-state index contributed by atoms with van der Waals surface area (Å²) in [6, 6.07) is 0. The number of ketones is 2. The number of carbonyl (C=O) groups is 4. The largest absolute Gasteiger partial charge is 0.466 e. The fourth-order valence-electron chi connectivity index (χ4n) is 0.901. The maximum atomic E-state index is 10.4. The molecule has 140 valence electrons. The summed E-state index contributed by atoms with van der Waals surface area (Å²) in [4.78, 5) is 41.3. The van der Waals surface area contributed by atoms with Crippen LogP contribution in [0.3, 0.4) is 0 Å². The van der Waals surface area contributed by atoms with Gasteiger partial charge in [-0.15, -0.1) is 0 Å². The first-order chi connectivity index (χ1) is 10.7. The van der Waals surface area contributed by atoms with Gasteiger partial charge in [0.25, 0.3) is 0 Å². The molecule has 0 aliphatic heterocycles. The predicted molar refractivity (Wildman–Crippen MR) is 82.7 cm³/mol. The maximum absolute atomic E-state index is 10.4. The summed E-state index contributed by atoms with van der Waals surface area (Å²) >= 11 is 0. The average Bonchev–Trinajstić information content (AvgIpc) is 2.39. The first kappa shape index (κ1) is 30.8. The van der Waals surface area contributed by atoms with Gasteiger partial charge >= 0.3 is 11.9 Å². The van der Waals surface area contributed by atoms with Crippen LogP contribution in [0.2, 0.25) is 0 Å². The van der Waals surface area contributed by atoms with E-state index >= 15 is 0 Å². The zero-order chi connectivity index (χ0) is 18.7. The van der Waals surface area contributed by atoms with Crippen molar-refractivity contribution < 1.29 is 60.6 Å². The number of ether oxygens (including phenoxy) is 2. The Morgan fingerprint density at radius 2 is 1.04 bits per heavy atom. The van der Waals surface area contributed by atoms with Gasteiger partial charge in [0.15, 0.2) is 0 Å². The zero-order valence-corrected chi connectivity index (χ0v) is 16.4. The molecule has 0 aromatic heterocycles. The molecule has 0 aromatic rings. The molecule has 0 heterocycles. The van der Waals surface area contributed by atoms with Crippen LogP contribution >= 0.6 is 0 Å². The molecule has 0 bridgehead atoms. The SMILES string of the molecule is CCOC(=O)CC(C)=O.CCOC(=O)CC(C)=O.OCCCO.[Ti]. The second-order valence-electron chi connectivity index (χ2n) is 4.17. The third-order valence-electron chi connectivity index (χ3n) is 1.71. The molecule has 0 amide bonds. The second-order valence-corrected chi connectivity index (χ2v) is 4.17. The average molecular weight is 384 g/mol. The molecule has 0 fully saturated rings. The third kappa shape index (κ3) is 37.3. The van der Waals surface area contributed by atoms with Crippen molar-refractivity contribution in [3.05, 3.63) is 0 Å². The van der Waals surface area contributed by atoms with Crippen LogP contribution in [0.25, 0.3) is 0 Å². The van der Waals surface area contributed by atoms with E-state index in [1.807, 2.05) is 0 Å². The van der Waals surface area contributed by atoms with Crippen LogP contribution in [0.4, 0.5) is 0 Å². The molecule has 0 unspecified atom stereocenters. The van der Waals surface area contributed by atoms with E-state index in [2.05, 4.69) is 9.47 Å².